The minimum absolute atomic E-state index is 0.143. The first-order valence-electron chi connectivity index (χ1n) is 10.3. The molecule has 0 aliphatic carbocycles. The number of likely N-dealkylation sites (tertiary alicyclic amines) is 1. The van der Waals surface area contributed by atoms with Crippen LogP contribution in [0.4, 0.5) is 5.69 Å². The fraction of sp³-hybridized carbons (Fsp3) is 0.304. The Morgan fingerprint density at radius 3 is 2.74 bits per heavy atom. The molecule has 1 saturated heterocycles. The molecule has 7 nitrogen and oxygen atoms in total. The fourth-order valence-electron chi connectivity index (χ4n) is 3.72. The smallest absolute Gasteiger partial charge is 0.271 e. The third-order valence-electron chi connectivity index (χ3n) is 5.66. The molecule has 1 aliphatic heterocycles. The van der Waals surface area contributed by atoms with E-state index in [0.717, 1.165) is 47.5 Å². The lowest BCUT2D eigenvalue weighted by atomic mass is 10.0. The van der Waals surface area contributed by atoms with Gasteiger partial charge in [0.1, 0.15) is 5.69 Å². The number of thiazole rings is 1. The minimum Gasteiger partial charge on any atom is -0.398 e. The highest BCUT2D eigenvalue weighted by molar-refractivity contribution is 7.17. The highest BCUT2D eigenvalue weighted by atomic mass is 32.1. The van der Waals surface area contributed by atoms with Gasteiger partial charge in [-0.2, -0.15) is 0 Å². The minimum atomic E-state index is -0.180. The second kappa shape index (κ2) is 8.95. The third-order valence-corrected chi connectivity index (χ3v) is 6.80. The van der Waals surface area contributed by atoms with E-state index < -0.39 is 0 Å². The van der Waals surface area contributed by atoms with Gasteiger partial charge in [0, 0.05) is 29.7 Å². The van der Waals surface area contributed by atoms with Crippen LogP contribution in [-0.4, -0.2) is 52.7 Å². The van der Waals surface area contributed by atoms with Gasteiger partial charge in [-0.3, -0.25) is 15.2 Å². The van der Waals surface area contributed by atoms with Crippen LogP contribution < -0.4 is 16.5 Å². The number of carbonyl (C=O) groups is 1. The second-order valence-corrected chi connectivity index (χ2v) is 8.94. The standard InChI is InChI=1S/C23H26N6OS/c1-14-5-3-7-17(18(14)24)19(25)23-28-20(21(31-23)15-6-4-10-26-13-15)22(30)27-16-8-11-29(2)12-9-16/h3-7,10,13,16,25H,8-9,11-12,24H2,1-2H3,(H,27,30)/p+1. The quantitative estimate of drug-likeness (QED) is 0.416. The van der Waals surface area contributed by atoms with Crippen LogP contribution in [0.25, 0.3) is 10.4 Å². The van der Waals surface area contributed by atoms with Crippen LogP contribution in [0.15, 0.2) is 42.7 Å². The van der Waals surface area contributed by atoms with E-state index in [2.05, 4.69) is 27.2 Å². The summed E-state index contributed by atoms with van der Waals surface area (Å²) in [5.74, 6) is -0.180. The van der Waals surface area contributed by atoms with E-state index in [-0.39, 0.29) is 11.9 Å². The van der Waals surface area contributed by atoms with Crippen LogP contribution >= 0.6 is 11.3 Å². The Labute approximate surface area is 185 Å². The second-order valence-electron chi connectivity index (χ2n) is 7.94. The van der Waals surface area contributed by atoms with Gasteiger partial charge in [0.15, 0.2) is 5.01 Å². The Morgan fingerprint density at radius 1 is 1.26 bits per heavy atom. The third kappa shape index (κ3) is 4.50. The van der Waals surface area contributed by atoms with Crippen LogP contribution in [0.1, 0.15) is 39.5 Å². The van der Waals surface area contributed by atoms with Gasteiger partial charge >= 0.3 is 0 Å². The van der Waals surface area contributed by atoms with Gasteiger partial charge in [0.25, 0.3) is 5.91 Å². The van der Waals surface area contributed by atoms with Crippen LogP contribution in [0.3, 0.4) is 0 Å². The normalized spacial score (nSPS) is 15.0. The molecule has 5 N–H and O–H groups in total. The Balaban J connectivity index is 1.68. The lowest BCUT2D eigenvalue weighted by molar-refractivity contribution is -0.111. The number of anilines is 1. The molecule has 1 aliphatic rings. The predicted octanol–water partition coefficient (Wildman–Crippen LogP) is 1.52. The highest BCUT2D eigenvalue weighted by Gasteiger charge is 2.27. The Kier molecular flexibility index (Phi) is 6.11. The monoisotopic (exact) mass is 435 g/mol. The Bertz CT molecular complexity index is 1100. The van der Waals surface area contributed by atoms with Crippen LogP contribution in [0.5, 0.6) is 0 Å². The number of nitrogen functional groups attached to an aromatic ring is 1. The lowest BCUT2D eigenvalue weighted by Crippen LogP contribution is -2.43. The van der Waals surface area contributed by atoms with E-state index in [1.54, 1.807) is 12.4 Å². The van der Waals surface area contributed by atoms with Crippen molar-refractivity contribution in [1.29, 1.82) is 0 Å². The Hall–Kier alpha value is -3.10. The summed E-state index contributed by atoms with van der Waals surface area (Å²) < 4.78 is 0. The number of nitrogens with one attached hydrogen (secondary N) is 1. The molecular weight excluding hydrogens is 408 g/mol. The molecule has 4 rings (SSSR count). The summed E-state index contributed by atoms with van der Waals surface area (Å²) in [7, 11) is 2.10. The number of hydrogen-bond acceptors (Lipinski definition) is 6. The van der Waals surface area contributed by atoms with Crippen molar-refractivity contribution in [3.63, 3.8) is 0 Å². The zero-order valence-electron chi connectivity index (χ0n) is 17.8. The summed E-state index contributed by atoms with van der Waals surface area (Å²) in [5.41, 5.74) is 10.2. The topological polar surface area (TPSA) is 110 Å². The van der Waals surface area contributed by atoms with Gasteiger partial charge < -0.3 is 16.0 Å². The first-order chi connectivity index (χ1) is 14.9. The first-order valence-corrected chi connectivity index (χ1v) is 11.1. The number of carbonyl (C=O) groups excluding carboxylic acids is 1. The van der Waals surface area contributed by atoms with Crippen molar-refractivity contribution in [2.24, 2.45) is 0 Å². The molecule has 2 aromatic heterocycles. The molecule has 0 saturated carbocycles. The highest BCUT2D eigenvalue weighted by Crippen LogP contribution is 2.32. The molecule has 160 valence electrons. The van der Waals surface area contributed by atoms with Gasteiger partial charge in [-0.15, -0.1) is 11.3 Å². The van der Waals surface area contributed by atoms with E-state index in [1.807, 2.05) is 37.3 Å². The maximum atomic E-state index is 13.2. The molecule has 0 unspecified atom stereocenters. The molecule has 3 aromatic rings. The summed E-state index contributed by atoms with van der Waals surface area (Å²) in [6.07, 6.45) is 5.30. The van der Waals surface area contributed by atoms with E-state index >= 15 is 0 Å². The van der Waals surface area contributed by atoms with Crippen LogP contribution in [0, 0.1) is 6.92 Å². The van der Waals surface area contributed by atoms with Crippen molar-refractivity contribution < 1.29 is 10.2 Å². The van der Waals surface area contributed by atoms with Crippen molar-refractivity contribution in [1.82, 2.24) is 20.2 Å². The van der Waals surface area contributed by atoms with E-state index in [4.69, 9.17) is 11.1 Å². The van der Waals surface area contributed by atoms with E-state index in [1.165, 1.54) is 11.3 Å². The van der Waals surface area contributed by atoms with Crippen molar-refractivity contribution >= 4 is 28.6 Å². The van der Waals surface area contributed by atoms with Gasteiger partial charge in [0.05, 0.1) is 10.4 Å². The molecule has 1 aromatic carbocycles. The fourth-order valence-corrected chi connectivity index (χ4v) is 4.74. The summed E-state index contributed by atoms with van der Waals surface area (Å²) in [5, 5.41) is 10.2. The van der Waals surface area contributed by atoms with Gasteiger partial charge in [0.2, 0.25) is 5.71 Å². The number of rotatable bonds is 5. The summed E-state index contributed by atoms with van der Waals surface area (Å²) in [4.78, 5) is 25.1. The van der Waals surface area contributed by atoms with Crippen LogP contribution in [-0.2, 0) is 0 Å². The van der Waals surface area contributed by atoms with Crippen molar-refractivity contribution in [3.05, 3.63) is 64.6 Å². The molecular formula is C23H27N6OS+. The van der Waals surface area contributed by atoms with Crippen molar-refractivity contribution in [3.8, 4) is 10.4 Å². The number of nitrogens with two attached hydrogens (primary N) is 2. The number of aromatic nitrogens is 2. The van der Waals surface area contributed by atoms with Crippen molar-refractivity contribution in [2.45, 2.75) is 25.8 Å². The molecule has 0 radical (unpaired) electrons. The zero-order valence-corrected chi connectivity index (χ0v) is 18.6. The van der Waals surface area contributed by atoms with Gasteiger partial charge in [-0.25, -0.2) is 4.98 Å². The number of benzene rings is 1. The maximum absolute atomic E-state index is 13.2. The lowest BCUT2D eigenvalue weighted by Gasteiger charge is -2.29. The van der Waals surface area contributed by atoms with Crippen molar-refractivity contribution in [2.75, 3.05) is 25.9 Å². The molecule has 0 atom stereocenters. The number of hydrogen-bond donors (Lipinski definition) is 3. The number of para-hydroxylation sites is 1. The molecule has 3 heterocycles. The average Bonchev–Trinajstić information content (AvgIpc) is 3.23. The van der Waals surface area contributed by atoms with Gasteiger partial charge in [-0.1, -0.05) is 18.2 Å². The Morgan fingerprint density at radius 2 is 2.03 bits per heavy atom. The summed E-state index contributed by atoms with van der Waals surface area (Å²) in [6.45, 7) is 3.88. The molecule has 1 fully saturated rings. The van der Waals surface area contributed by atoms with Crippen LogP contribution in [0.2, 0.25) is 0 Å². The molecule has 8 heteroatoms. The number of aryl methyl sites for hydroxylation is 1. The maximum Gasteiger partial charge on any atom is 0.271 e. The number of pyridine rings is 1. The molecule has 1 amide bonds. The molecule has 0 spiro atoms. The number of amides is 1. The first kappa shape index (κ1) is 21.1. The number of piperidine rings is 1. The molecule has 0 bridgehead atoms. The number of nitrogens with zero attached hydrogens (tertiary/aromatic N) is 3. The predicted molar refractivity (Wildman–Crippen MR) is 124 cm³/mol. The largest absolute Gasteiger partial charge is 0.398 e. The van der Waals surface area contributed by atoms with Gasteiger partial charge in [-0.05, 0) is 57.6 Å². The summed E-state index contributed by atoms with van der Waals surface area (Å²) in [6, 6.07) is 9.64. The van der Waals surface area contributed by atoms with E-state index in [9.17, 15) is 4.79 Å². The molecule has 31 heavy (non-hydrogen) atoms. The van der Waals surface area contributed by atoms with E-state index in [0.29, 0.717) is 22.1 Å². The summed E-state index contributed by atoms with van der Waals surface area (Å²) >= 11 is 1.38. The zero-order chi connectivity index (χ0) is 22.0. The SMILES string of the molecule is Cc1cccc(C(=[NH2+])c2nc(C(=O)NC3CCN(C)CC3)c(-c3cccnc3)s2)c1N. The average molecular weight is 436 g/mol.